The first-order valence-corrected chi connectivity index (χ1v) is 2.72. The first-order chi connectivity index (χ1) is 3.81. The zero-order valence-electron chi connectivity index (χ0n) is 5.01. The Morgan fingerprint density at radius 3 is 2.50 bits per heavy atom. The molecule has 0 fully saturated rings. The van der Waals surface area contributed by atoms with Crippen molar-refractivity contribution < 1.29 is 5.11 Å². The highest BCUT2D eigenvalue weighted by Gasteiger charge is 1.92. The minimum absolute atomic E-state index is 0.354. The molecule has 0 amide bonds. The van der Waals surface area contributed by atoms with Gasteiger partial charge in [-0.2, -0.15) is 0 Å². The summed E-state index contributed by atoms with van der Waals surface area (Å²) in [6, 6.07) is 0. The maximum Gasteiger partial charge on any atom is 0.0721 e. The molecule has 1 atom stereocenters. The van der Waals surface area contributed by atoms with Crippen molar-refractivity contribution in [3.63, 3.8) is 0 Å². The summed E-state index contributed by atoms with van der Waals surface area (Å²) in [5.74, 6) is 0. The maximum atomic E-state index is 8.82. The largest absolute Gasteiger partial charge is 0.389 e. The monoisotopic (exact) mass is 112 g/mol. The van der Waals surface area contributed by atoms with E-state index >= 15 is 0 Å². The second-order valence-corrected chi connectivity index (χ2v) is 1.67. The second kappa shape index (κ2) is 4.60. The molecule has 0 bridgehead atoms. The van der Waals surface area contributed by atoms with Gasteiger partial charge in [0.05, 0.1) is 6.10 Å². The van der Waals surface area contributed by atoms with Crippen molar-refractivity contribution in [1.29, 1.82) is 0 Å². The van der Waals surface area contributed by atoms with Crippen molar-refractivity contribution >= 4 is 0 Å². The SMILES string of the molecule is C=CCCC(O)C=C. The Hall–Kier alpha value is -0.560. The molecule has 1 N–H and O–H groups in total. The van der Waals surface area contributed by atoms with Crippen LogP contribution in [0.4, 0.5) is 0 Å². The highest BCUT2D eigenvalue weighted by molar-refractivity contribution is 4.80. The molecule has 0 spiro atoms. The standard InChI is InChI=1S/C7H12O/c1-3-5-6-7(8)4-2/h3-4,7-8H,1-2,5-6H2. The van der Waals surface area contributed by atoms with Gasteiger partial charge in [0, 0.05) is 0 Å². The molecule has 8 heavy (non-hydrogen) atoms. The van der Waals surface area contributed by atoms with Gasteiger partial charge in [0.2, 0.25) is 0 Å². The summed E-state index contributed by atoms with van der Waals surface area (Å²) in [6.07, 6.45) is 4.56. The van der Waals surface area contributed by atoms with Crippen LogP contribution in [0.15, 0.2) is 25.3 Å². The lowest BCUT2D eigenvalue weighted by atomic mass is 10.2. The minimum Gasteiger partial charge on any atom is -0.389 e. The van der Waals surface area contributed by atoms with Gasteiger partial charge in [-0.05, 0) is 12.8 Å². The molecule has 0 aromatic rings. The molecule has 0 radical (unpaired) electrons. The van der Waals surface area contributed by atoms with E-state index in [-0.39, 0.29) is 6.10 Å². The molecule has 0 rings (SSSR count). The molecule has 46 valence electrons. The van der Waals surface area contributed by atoms with Gasteiger partial charge in [-0.25, -0.2) is 0 Å². The highest BCUT2D eigenvalue weighted by atomic mass is 16.3. The first-order valence-electron chi connectivity index (χ1n) is 2.72. The highest BCUT2D eigenvalue weighted by Crippen LogP contribution is 1.96. The van der Waals surface area contributed by atoms with Gasteiger partial charge < -0.3 is 5.11 Å². The lowest BCUT2D eigenvalue weighted by Crippen LogP contribution is -1.98. The van der Waals surface area contributed by atoms with Gasteiger partial charge in [-0.15, -0.1) is 13.2 Å². The van der Waals surface area contributed by atoms with Crippen molar-refractivity contribution in [3.8, 4) is 0 Å². The van der Waals surface area contributed by atoms with Gasteiger partial charge in [-0.1, -0.05) is 12.2 Å². The normalized spacial score (nSPS) is 12.6. The zero-order valence-corrected chi connectivity index (χ0v) is 5.01. The number of hydrogen-bond acceptors (Lipinski definition) is 1. The van der Waals surface area contributed by atoms with Gasteiger partial charge in [0.15, 0.2) is 0 Å². The van der Waals surface area contributed by atoms with Crippen LogP contribution in [0.1, 0.15) is 12.8 Å². The van der Waals surface area contributed by atoms with Crippen molar-refractivity contribution in [1.82, 2.24) is 0 Å². The van der Waals surface area contributed by atoms with E-state index in [4.69, 9.17) is 5.11 Å². The van der Waals surface area contributed by atoms with Gasteiger partial charge in [-0.3, -0.25) is 0 Å². The van der Waals surface area contributed by atoms with Crippen molar-refractivity contribution in [3.05, 3.63) is 25.3 Å². The average Bonchev–Trinajstić information content (AvgIpc) is 1.83. The predicted molar refractivity (Wildman–Crippen MR) is 35.6 cm³/mol. The fourth-order valence-corrected chi connectivity index (χ4v) is 0.406. The zero-order chi connectivity index (χ0) is 6.41. The summed E-state index contributed by atoms with van der Waals surface area (Å²) >= 11 is 0. The molecular formula is C7H12O. The van der Waals surface area contributed by atoms with Crippen LogP contribution >= 0.6 is 0 Å². The summed E-state index contributed by atoms with van der Waals surface area (Å²) < 4.78 is 0. The molecule has 0 aliphatic rings. The van der Waals surface area contributed by atoms with Crippen LogP contribution < -0.4 is 0 Å². The average molecular weight is 112 g/mol. The topological polar surface area (TPSA) is 20.2 Å². The van der Waals surface area contributed by atoms with E-state index in [2.05, 4.69) is 13.2 Å². The van der Waals surface area contributed by atoms with Crippen LogP contribution in [0.5, 0.6) is 0 Å². The molecule has 0 saturated heterocycles. The Bertz CT molecular complexity index is 76.5. The Morgan fingerprint density at radius 1 is 1.50 bits per heavy atom. The van der Waals surface area contributed by atoms with E-state index in [0.29, 0.717) is 0 Å². The van der Waals surface area contributed by atoms with E-state index in [0.717, 1.165) is 12.8 Å². The molecule has 1 heteroatoms. The Kier molecular flexibility index (Phi) is 4.27. The molecule has 0 heterocycles. The van der Waals surface area contributed by atoms with Crippen LogP contribution in [0.25, 0.3) is 0 Å². The summed E-state index contributed by atoms with van der Waals surface area (Å²) in [5, 5.41) is 8.82. The lowest BCUT2D eigenvalue weighted by Gasteiger charge is -1.98. The maximum absolute atomic E-state index is 8.82. The third-order valence-electron chi connectivity index (χ3n) is 0.939. The van der Waals surface area contributed by atoms with Gasteiger partial charge >= 0.3 is 0 Å². The second-order valence-electron chi connectivity index (χ2n) is 1.67. The Labute approximate surface area is 50.3 Å². The number of allylic oxidation sites excluding steroid dienone is 1. The van der Waals surface area contributed by atoms with Crippen LogP contribution in [-0.2, 0) is 0 Å². The Morgan fingerprint density at radius 2 is 2.12 bits per heavy atom. The first kappa shape index (κ1) is 7.44. The predicted octanol–water partition coefficient (Wildman–Crippen LogP) is 1.50. The van der Waals surface area contributed by atoms with E-state index in [9.17, 15) is 0 Å². The van der Waals surface area contributed by atoms with Gasteiger partial charge in [0.1, 0.15) is 0 Å². The van der Waals surface area contributed by atoms with Crippen molar-refractivity contribution in [2.45, 2.75) is 18.9 Å². The van der Waals surface area contributed by atoms with E-state index < -0.39 is 0 Å². The fourth-order valence-electron chi connectivity index (χ4n) is 0.406. The molecule has 0 aromatic heterocycles. The molecule has 1 unspecified atom stereocenters. The summed E-state index contributed by atoms with van der Waals surface area (Å²) in [4.78, 5) is 0. The fraction of sp³-hybridized carbons (Fsp3) is 0.429. The molecule has 1 nitrogen and oxygen atoms in total. The minimum atomic E-state index is -0.354. The van der Waals surface area contributed by atoms with Gasteiger partial charge in [0.25, 0.3) is 0 Å². The van der Waals surface area contributed by atoms with E-state index in [1.165, 1.54) is 6.08 Å². The van der Waals surface area contributed by atoms with Crippen LogP contribution in [0.3, 0.4) is 0 Å². The Balaban J connectivity index is 3.09. The lowest BCUT2D eigenvalue weighted by molar-refractivity contribution is 0.214. The summed E-state index contributed by atoms with van der Waals surface area (Å²) in [5.41, 5.74) is 0. The summed E-state index contributed by atoms with van der Waals surface area (Å²) in [6.45, 7) is 6.95. The van der Waals surface area contributed by atoms with Crippen LogP contribution in [0.2, 0.25) is 0 Å². The molecular weight excluding hydrogens is 100 g/mol. The van der Waals surface area contributed by atoms with Crippen molar-refractivity contribution in [2.24, 2.45) is 0 Å². The quantitative estimate of drug-likeness (QED) is 0.546. The van der Waals surface area contributed by atoms with E-state index in [1.807, 2.05) is 0 Å². The summed E-state index contributed by atoms with van der Waals surface area (Å²) in [7, 11) is 0. The molecule has 0 aliphatic heterocycles. The third kappa shape index (κ3) is 3.62. The third-order valence-corrected chi connectivity index (χ3v) is 0.939. The molecule has 0 aromatic carbocycles. The number of rotatable bonds is 4. The number of hydrogen-bond donors (Lipinski definition) is 1. The number of aliphatic hydroxyl groups is 1. The molecule has 0 saturated carbocycles. The smallest absolute Gasteiger partial charge is 0.0721 e. The molecule has 0 aliphatic carbocycles. The van der Waals surface area contributed by atoms with Crippen LogP contribution in [0, 0.1) is 0 Å². The van der Waals surface area contributed by atoms with Crippen molar-refractivity contribution in [2.75, 3.05) is 0 Å². The number of aliphatic hydroxyl groups excluding tert-OH is 1. The van der Waals surface area contributed by atoms with Crippen LogP contribution in [-0.4, -0.2) is 11.2 Å². The van der Waals surface area contributed by atoms with E-state index in [1.54, 1.807) is 6.08 Å².